The van der Waals surface area contributed by atoms with Crippen molar-refractivity contribution in [3.05, 3.63) is 0 Å². The highest BCUT2D eigenvalue weighted by Gasteiger charge is 2.21. The molecule has 0 spiro atoms. The number of likely N-dealkylation sites (tertiary alicyclic amines) is 1. The van der Waals surface area contributed by atoms with Crippen molar-refractivity contribution in [1.29, 1.82) is 0 Å². The fourth-order valence-corrected chi connectivity index (χ4v) is 1.59. The molecule has 0 unspecified atom stereocenters. The molecule has 0 aromatic carbocycles. The fraction of sp³-hybridized carbons (Fsp3) is 0.900. The number of hydrogen-bond acceptors (Lipinski definition) is 3. The van der Waals surface area contributed by atoms with Gasteiger partial charge in [-0.1, -0.05) is 0 Å². The number of rotatable bonds is 1. The summed E-state index contributed by atoms with van der Waals surface area (Å²) in [5, 5.41) is 9.03. The second-order valence-corrected chi connectivity index (χ2v) is 3.90. The van der Waals surface area contributed by atoms with Crippen LogP contribution >= 0.6 is 0 Å². The van der Waals surface area contributed by atoms with Crippen molar-refractivity contribution in [3.8, 4) is 0 Å². The summed E-state index contributed by atoms with van der Waals surface area (Å²) in [6.45, 7) is 6.44. The van der Waals surface area contributed by atoms with E-state index in [4.69, 9.17) is 9.90 Å². The predicted octanol–water partition coefficient (Wildman–Crippen LogP) is 0.613. The second kappa shape index (κ2) is 6.65. The van der Waals surface area contributed by atoms with Gasteiger partial charge in [-0.2, -0.15) is 0 Å². The molecule has 0 radical (unpaired) electrons. The van der Waals surface area contributed by atoms with E-state index >= 15 is 0 Å². The van der Waals surface area contributed by atoms with Crippen LogP contribution in [-0.2, 0) is 4.74 Å². The zero-order valence-corrected chi connectivity index (χ0v) is 9.41. The molecule has 1 saturated heterocycles. The zero-order valence-electron chi connectivity index (χ0n) is 9.41. The summed E-state index contributed by atoms with van der Waals surface area (Å²) in [5.74, 6) is 0. The molecule has 0 N–H and O–H groups in total. The average molecular weight is 203 g/mol. The van der Waals surface area contributed by atoms with Gasteiger partial charge in [-0.3, -0.25) is 0 Å². The molecule has 0 saturated carbocycles. The number of carbonyl (C=O) groups excluding carboxylic acids is 1. The van der Waals surface area contributed by atoms with Crippen LogP contribution < -0.4 is 5.11 Å². The van der Waals surface area contributed by atoms with Crippen LogP contribution in [0.5, 0.6) is 0 Å². The minimum absolute atomic E-state index is 1.04. The van der Waals surface area contributed by atoms with E-state index in [2.05, 4.69) is 18.7 Å². The van der Waals surface area contributed by atoms with E-state index in [-0.39, 0.29) is 0 Å². The molecule has 4 heteroatoms. The number of carbonyl (C=O) groups is 1. The molecular weight excluding hydrogens is 182 g/mol. The Bertz CT molecular complexity index is 165. The first-order valence-electron chi connectivity index (χ1n) is 5.12. The van der Waals surface area contributed by atoms with Gasteiger partial charge in [-0.15, -0.1) is 0 Å². The van der Waals surface area contributed by atoms with Gasteiger partial charge < -0.3 is 19.1 Å². The third-order valence-electron chi connectivity index (χ3n) is 2.83. The SMILES string of the molecule is CC[N+]1(C)CCCCC1.COC(=O)[O-]. The Morgan fingerprint density at radius 3 is 2.00 bits per heavy atom. The van der Waals surface area contributed by atoms with Crippen molar-refractivity contribution in [3.63, 3.8) is 0 Å². The third kappa shape index (κ3) is 5.80. The summed E-state index contributed by atoms with van der Waals surface area (Å²) in [7, 11) is 3.41. The van der Waals surface area contributed by atoms with E-state index < -0.39 is 6.16 Å². The summed E-state index contributed by atoms with van der Waals surface area (Å²) in [4.78, 5) is 9.03. The van der Waals surface area contributed by atoms with Crippen molar-refractivity contribution in [2.24, 2.45) is 0 Å². The van der Waals surface area contributed by atoms with Crippen LogP contribution in [0, 0.1) is 0 Å². The molecule has 4 nitrogen and oxygen atoms in total. The Kier molecular flexibility index (Phi) is 6.28. The standard InChI is InChI=1S/C8H18N.C2H4O3/c1-3-9(2)7-5-4-6-8-9;1-5-2(3)4/h3-8H2,1-2H3;1H3,(H,3,4)/q+1;/p-1. The van der Waals surface area contributed by atoms with Crippen LogP contribution in [0.2, 0.25) is 0 Å². The normalized spacial score (nSPS) is 19.1. The maximum atomic E-state index is 9.03. The van der Waals surface area contributed by atoms with Gasteiger partial charge in [0.15, 0.2) is 0 Å². The van der Waals surface area contributed by atoms with E-state index in [1.54, 1.807) is 0 Å². The minimum atomic E-state index is -1.50. The van der Waals surface area contributed by atoms with E-state index in [0.717, 1.165) is 7.11 Å². The van der Waals surface area contributed by atoms with Gasteiger partial charge in [0.1, 0.15) is 0 Å². The van der Waals surface area contributed by atoms with Crippen LogP contribution in [0.15, 0.2) is 0 Å². The molecule has 14 heavy (non-hydrogen) atoms. The second-order valence-electron chi connectivity index (χ2n) is 3.90. The van der Waals surface area contributed by atoms with Crippen LogP contribution in [0.25, 0.3) is 0 Å². The van der Waals surface area contributed by atoms with E-state index in [0.29, 0.717) is 0 Å². The summed E-state index contributed by atoms with van der Waals surface area (Å²) in [5.41, 5.74) is 0. The molecular formula is C10H21NO3. The fourth-order valence-electron chi connectivity index (χ4n) is 1.59. The minimum Gasteiger partial charge on any atom is -0.553 e. The Morgan fingerprint density at radius 1 is 1.36 bits per heavy atom. The van der Waals surface area contributed by atoms with Gasteiger partial charge in [0.25, 0.3) is 6.16 Å². The summed E-state index contributed by atoms with van der Waals surface area (Å²) < 4.78 is 4.88. The Hall–Kier alpha value is -0.770. The average Bonchev–Trinajstić information content (AvgIpc) is 2.20. The Morgan fingerprint density at radius 2 is 1.79 bits per heavy atom. The van der Waals surface area contributed by atoms with Crippen LogP contribution in [0.4, 0.5) is 4.79 Å². The first-order chi connectivity index (χ1) is 6.54. The van der Waals surface area contributed by atoms with E-state index in [1.165, 1.54) is 43.4 Å². The molecule has 0 aromatic rings. The quantitative estimate of drug-likeness (QED) is 0.463. The summed E-state index contributed by atoms with van der Waals surface area (Å²) >= 11 is 0. The van der Waals surface area contributed by atoms with Crippen LogP contribution in [0.3, 0.4) is 0 Å². The molecule has 0 atom stereocenters. The summed E-state index contributed by atoms with van der Waals surface area (Å²) in [6.07, 6.45) is 2.87. The van der Waals surface area contributed by atoms with Crippen molar-refractivity contribution in [2.45, 2.75) is 26.2 Å². The van der Waals surface area contributed by atoms with Crippen molar-refractivity contribution < 1.29 is 19.1 Å². The molecule has 1 aliphatic rings. The highest BCUT2D eigenvalue weighted by Crippen LogP contribution is 2.14. The topological polar surface area (TPSA) is 49.4 Å². The molecule has 1 aliphatic heterocycles. The maximum absolute atomic E-state index is 9.03. The largest absolute Gasteiger partial charge is 0.553 e. The maximum Gasteiger partial charge on any atom is 0.251 e. The van der Waals surface area contributed by atoms with Crippen molar-refractivity contribution in [2.75, 3.05) is 33.8 Å². The van der Waals surface area contributed by atoms with Gasteiger partial charge in [-0.05, 0) is 26.2 Å². The van der Waals surface area contributed by atoms with Crippen molar-refractivity contribution >= 4 is 6.16 Å². The van der Waals surface area contributed by atoms with Gasteiger partial charge in [0, 0.05) is 7.11 Å². The number of nitrogens with zero attached hydrogens (tertiary/aromatic N) is 1. The first kappa shape index (κ1) is 13.2. The predicted molar refractivity (Wildman–Crippen MR) is 52.7 cm³/mol. The number of hydrogen-bond donors (Lipinski definition) is 0. The molecule has 1 rings (SSSR count). The number of quaternary nitrogens is 1. The molecule has 84 valence electrons. The van der Waals surface area contributed by atoms with Crippen molar-refractivity contribution in [1.82, 2.24) is 0 Å². The van der Waals surface area contributed by atoms with E-state index in [1.807, 2.05) is 0 Å². The lowest BCUT2D eigenvalue weighted by atomic mass is 10.1. The molecule has 1 heterocycles. The Labute approximate surface area is 86.1 Å². The third-order valence-corrected chi connectivity index (χ3v) is 2.83. The molecule has 0 bridgehead atoms. The number of methoxy groups -OCH3 is 1. The van der Waals surface area contributed by atoms with Gasteiger partial charge >= 0.3 is 0 Å². The van der Waals surface area contributed by atoms with Crippen LogP contribution in [-0.4, -0.2) is 44.4 Å². The molecule has 1 fully saturated rings. The monoisotopic (exact) mass is 203 g/mol. The zero-order chi connectivity index (χ0) is 11.0. The van der Waals surface area contributed by atoms with Crippen LogP contribution in [0.1, 0.15) is 26.2 Å². The lowest BCUT2D eigenvalue weighted by Gasteiger charge is -2.36. The highest BCUT2D eigenvalue weighted by molar-refractivity contribution is 5.53. The lowest BCUT2D eigenvalue weighted by molar-refractivity contribution is -0.912. The number of carboxylic acid groups (broad SMARTS) is 1. The number of piperidine rings is 1. The smallest absolute Gasteiger partial charge is 0.251 e. The van der Waals surface area contributed by atoms with Gasteiger partial charge in [0.2, 0.25) is 0 Å². The molecule has 0 amide bonds. The van der Waals surface area contributed by atoms with Gasteiger partial charge in [-0.25, -0.2) is 0 Å². The number of ether oxygens (including phenoxy) is 1. The van der Waals surface area contributed by atoms with Gasteiger partial charge in [0.05, 0.1) is 26.7 Å². The first-order valence-corrected chi connectivity index (χ1v) is 5.12. The summed E-state index contributed by atoms with van der Waals surface area (Å²) in [6, 6.07) is 0. The lowest BCUT2D eigenvalue weighted by Crippen LogP contribution is -2.47. The van der Waals surface area contributed by atoms with E-state index in [9.17, 15) is 0 Å². The molecule has 0 aliphatic carbocycles. The Balaban J connectivity index is 0.000000292. The molecule has 0 aromatic heterocycles. The highest BCUT2D eigenvalue weighted by atomic mass is 16.6.